The molecule has 0 aliphatic carbocycles. The number of nitrogens with zero attached hydrogens (tertiary/aromatic N) is 1. The first kappa shape index (κ1) is 24.7. The number of carbonyl (C=O) groups is 1. The second-order valence-electron chi connectivity index (χ2n) is 7.62. The fourth-order valence-corrected chi connectivity index (χ4v) is 4.08. The summed E-state index contributed by atoms with van der Waals surface area (Å²) in [5.74, 6) is 0.599. The Morgan fingerprint density at radius 2 is 1.87 bits per heavy atom. The first-order valence-corrected chi connectivity index (χ1v) is 11.9. The highest BCUT2D eigenvalue weighted by Crippen LogP contribution is 2.31. The number of fused-ring (bicyclic) bond motifs is 1. The second-order valence-corrected chi connectivity index (χ2v) is 9.16. The third kappa shape index (κ3) is 6.72. The molecule has 7 heteroatoms. The van der Waals surface area contributed by atoms with Crippen molar-refractivity contribution in [3.05, 3.63) is 29.0 Å². The van der Waals surface area contributed by atoms with Gasteiger partial charge in [0, 0.05) is 40.9 Å². The summed E-state index contributed by atoms with van der Waals surface area (Å²) in [6.07, 6.45) is 0.751. The maximum Gasteiger partial charge on any atom is 0.311 e. The van der Waals surface area contributed by atoms with E-state index in [0.29, 0.717) is 17.9 Å². The third-order valence-electron chi connectivity index (χ3n) is 5.20. The normalized spacial score (nSPS) is 11.6. The van der Waals surface area contributed by atoms with Gasteiger partial charge in [-0.15, -0.1) is 11.8 Å². The molecule has 0 amide bonds. The van der Waals surface area contributed by atoms with Gasteiger partial charge in [-0.2, -0.15) is 0 Å². The van der Waals surface area contributed by atoms with Gasteiger partial charge < -0.3 is 18.8 Å². The highest BCUT2D eigenvalue weighted by molar-refractivity contribution is 7.99. The maximum absolute atomic E-state index is 11.9. The molecule has 0 fully saturated rings. The predicted molar refractivity (Wildman–Crippen MR) is 127 cm³/mol. The van der Waals surface area contributed by atoms with Crippen molar-refractivity contribution in [1.29, 1.82) is 0 Å². The van der Waals surface area contributed by atoms with Gasteiger partial charge >= 0.3 is 5.97 Å². The summed E-state index contributed by atoms with van der Waals surface area (Å²) in [4.78, 5) is 15.3. The molecule has 0 bridgehead atoms. The van der Waals surface area contributed by atoms with E-state index in [-0.39, 0.29) is 12.6 Å². The Kier molecular flexibility index (Phi) is 9.65. The molecule has 0 saturated carbocycles. The lowest BCUT2D eigenvalue weighted by atomic mass is 9.91. The molecule has 0 aliphatic rings. The summed E-state index contributed by atoms with van der Waals surface area (Å²) in [6.45, 7) is 13.2. The molecule has 1 aromatic carbocycles. The molecular formula is C23H33NO4S2. The van der Waals surface area contributed by atoms with E-state index in [1.54, 1.807) is 11.8 Å². The Labute approximate surface area is 189 Å². The van der Waals surface area contributed by atoms with Crippen molar-refractivity contribution < 1.29 is 18.7 Å². The highest BCUT2D eigenvalue weighted by atomic mass is 32.2. The van der Waals surface area contributed by atoms with Crippen molar-refractivity contribution in [3.63, 3.8) is 0 Å². The van der Waals surface area contributed by atoms with E-state index in [2.05, 4.69) is 30.9 Å². The smallest absolute Gasteiger partial charge is 0.311 e. The fourth-order valence-electron chi connectivity index (χ4n) is 2.87. The average Bonchev–Trinajstić information content (AvgIpc) is 2.73. The van der Waals surface area contributed by atoms with Crippen LogP contribution < -0.4 is 4.90 Å². The van der Waals surface area contributed by atoms with Crippen molar-refractivity contribution in [2.24, 2.45) is 5.41 Å². The van der Waals surface area contributed by atoms with E-state index in [4.69, 9.17) is 26.1 Å². The zero-order chi connectivity index (χ0) is 22.1. The van der Waals surface area contributed by atoms with Crippen molar-refractivity contribution in [1.82, 2.24) is 0 Å². The Morgan fingerprint density at radius 3 is 2.53 bits per heavy atom. The topological polar surface area (TPSA) is 51.9 Å². The van der Waals surface area contributed by atoms with Crippen LogP contribution in [0.1, 0.15) is 41.0 Å². The number of esters is 1. The van der Waals surface area contributed by atoms with Crippen molar-refractivity contribution in [2.45, 2.75) is 45.9 Å². The third-order valence-corrected chi connectivity index (χ3v) is 6.42. The molecule has 0 aliphatic heterocycles. The SMILES string of the molecule is CCN(CC)c1ccc2oc(=S)cc(SCCOCCOC(=O)C(C)(C)CC)c2c1. The van der Waals surface area contributed by atoms with E-state index in [9.17, 15) is 4.79 Å². The van der Waals surface area contributed by atoms with E-state index < -0.39 is 5.41 Å². The van der Waals surface area contributed by atoms with Crippen LogP contribution in [0.15, 0.2) is 33.6 Å². The van der Waals surface area contributed by atoms with Crippen LogP contribution in [0.4, 0.5) is 5.69 Å². The maximum atomic E-state index is 11.9. The van der Waals surface area contributed by atoms with Crippen LogP contribution in [0.5, 0.6) is 0 Å². The van der Waals surface area contributed by atoms with Crippen LogP contribution in [0.25, 0.3) is 11.0 Å². The van der Waals surface area contributed by atoms with Crippen LogP contribution in [0.2, 0.25) is 0 Å². The zero-order valence-corrected chi connectivity index (χ0v) is 20.3. The van der Waals surface area contributed by atoms with Gasteiger partial charge in [0.25, 0.3) is 0 Å². The van der Waals surface area contributed by atoms with Crippen LogP contribution in [0, 0.1) is 10.1 Å². The lowest BCUT2D eigenvalue weighted by Crippen LogP contribution is -2.27. The van der Waals surface area contributed by atoms with Gasteiger partial charge in [-0.05, 0) is 64.5 Å². The molecule has 2 rings (SSSR count). The number of anilines is 1. The number of benzene rings is 1. The second kappa shape index (κ2) is 11.7. The van der Waals surface area contributed by atoms with Gasteiger partial charge in [-0.25, -0.2) is 0 Å². The molecule has 0 saturated heterocycles. The molecule has 0 spiro atoms. The monoisotopic (exact) mass is 451 g/mol. The lowest BCUT2D eigenvalue weighted by Gasteiger charge is -2.21. The minimum atomic E-state index is -0.443. The number of rotatable bonds is 12. The minimum absolute atomic E-state index is 0.176. The lowest BCUT2D eigenvalue weighted by molar-refractivity contribution is -0.155. The van der Waals surface area contributed by atoms with Crippen LogP contribution >= 0.6 is 24.0 Å². The quantitative estimate of drug-likeness (QED) is 0.167. The molecule has 2 aromatic rings. The Morgan fingerprint density at radius 1 is 1.13 bits per heavy atom. The van der Waals surface area contributed by atoms with Gasteiger partial charge in [0.15, 0.2) is 4.71 Å². The van der Waals surface area contributed by atoms with Crippen LogP contribution in [0.3, 0.4) is 0 Å². The molecule has 0 atom stereocenters. The Balaban J connectivity index is 1.90. The first-order chi connectivity index (χ1) is 14.3. The van der Waals surface area contributed by atoms with Crippen molar-refractivity contribution in [3.8, 4) is 0 Å². The predicted octanol–water partition coefficient (Wildman–Crippen LogP) is 6.10. The van der Waals surface area contributed by atoms with E-state index in [0.717, 1.165) is 41.1 Å². The van der Waals surface area contributed by atoms with Crippen LogP contribution in [-0.4, -0.2) is 44.6 Å². The zero-order valence-electron chi connectivity index (χ0n) is 18.7. The standard InChI is InChI=1S/C23H33NO4S2/c1-6-23(4,5)22(25)27-12-11-26-13-14-30-20-16-21(29)28-19-10-9-17(15-18(19)20)24(7-2)8-3/h9-10,15-16H,6-8,11-14H2,1-5H3. The van der Waals surface area contributed by atoms with Gasteiger partial charge in [-0.1, -0.05) is 6.92 Å². The van der Waals surface area contributed by atoms with Gasteiger partial charge in [0.1, 0.15) is 12.2 Å². The number of carbonyl (C=O) groups excluding carboxylic acids is 1. The summed E-state index contributed by atoms with van der Waals surface area (Å²) in [5, 5.41) is 1.06. The number of hydrogen-bond acceptors (Lipinski definition) is 7. The molecule has 5 nitrogen and oxygen atoms in total. The van der Waals surface area contributed by atoms with E-state index >= 15 is 0 Å². The summed E-state index contributed by atoms with van der Waals surface area (Å²) in [7, 11) is 0. The molecule has 1 aromatic heterocycles. The summed E-state index contributed by atoms with van der Waals surface area (Å²) in [6, 6.07) is 8.14. The molecule has 0 radical (unpaired) electrons. The fraction of sp³-hybridized carbons (Fsp3) is 0.565. The molecule has 0 N–H and O–H groups in total. The van der Waals surface area contributed by atoms with Crippen LogP contribution in [-0.2, 0) is 14.3 Å². The largest absolute Gasteiger partial charge is 0.463 e. The Hall–Kier alpha value is -1.57. The average molecular weight is 452 g/mol. The highest BCUT2D eigenvalue weighted by Gasteiger charge is 2.26. The van der Waals surface area contributed by atoms with Gasteiger partial charge in [0.2, 0.25) is 0 Å². The summed E-state index contributed by atoms with van der Waals surface area (Å²) >= 11 is 6.98. The van der Waals surface area contributed by atoms with Crippen molar-refractivity contribution >= 4 is 46.6 Å². The number of hydrogen-bond donors (Lipinski definition) is 0. The van der Waals surface area contributed by atoms with Crippen molar-refractivity contribution in [2.75, 3.05) is 43.6 Å². The van der Waals surface area contributed by atoms with E-state index in [1.807, 2.05) is 32.9 Å². The number of ether oxygens (including phenoxy) is 2. The molecule has 0 unspecified atom stereocenters. The molecule has 166 valence electrons. The van der Waals surface area contributed by atoms with Gasteiger partial charge in [0.05, 0.1) is 18.6 Å². The molecular weight excluding hydrogens is 418 g/mol. The minimum Gasteiger partial charge on any atom is -0.463 e. The number of thioether (sulfide) groups is 1. The summed E-state index contributed by atoms with van der Waals surface area (Å²) < 4.78 is 17.1. The van der Waals surface area contributed by atoms with Gasteiger partial charge in [-0.3, -0.25) is 4.79 Å². The first-order valence-electron chi connectivity index (χ1n) is 10.5. The molecule has 30 heavy (non-hydrogen) atoms. The summed E-state index contributed by atoms with van der Waals surface area (Å²) in [5.41, 5.74) is 1.53. The molecule has 1 heterocycles. The Bertz CT molecular complexity index is 890. The van der Waals surface area contributed by atoms with E-state index in [1.165, 1.54) is 5.69 Å².